The van der Waals surface area contributed by atoms with E-state index in [-0.39, 0.29) is 18.2 Å². The van der Waals surface area contributed by atoms with Gasteiger partial charge >= 0.3 is 0 Å². The van der Waals surface area contributed by atoms with Gasteiger partial charge in [-0.1, -0.05) is 41.7 Å². The summed E-state index contributed by atoms with van der Waals surface area (Å²) in [6.45, 7) is 2.28. The largest absolute Gasteiger partial charge is 0.467 e. The minimum absolute atomic E-state index is 0.0895. The predicted molar refractivity (Wildman–Crippen MR) is 97.7 cm³/mol. The van der Waals surface area contributed by atoms with Crippen molar-refractivity contribution in [1.29, 1.82) is 0 Å². The fourth-order valence-electron chi connectivity index (χ4n) is 2.35. The summed E-state index contributed by atoms with van der Waals surface area (Å²) in [6.07, 6.45) is 1.64. The number of hydrogen-bond acceptors (Lipinski definition) is 5. The Labute approximate surface area is 149 Å². The molecule has 1 aliphatic heterocycles. The van der Waals surface area contributed by atoms with Gasteiger partial charge in [0.25, 0.3) is 0 Å². The molecule has 0 spiro atoms. The van der Waals surface area contributed by atoms with Gasteiger partial charge in [0.15, 0.2) is 0 Å². The molecule has 1 N–H and O–H groups in total. The molecule has 1 aliphatic rings. The molecule has 1 aromatic carbocycles. The van der Waals surface area contributed by atoms with E-state index >= 15 is 0 Å². The van der Waals surface area contributed by atoms with Gasteiger partial charge in [0, 0.05) is 12.1 Å². The quantitative estimate of drug-likeness (QED) is 0.829. The molecule has 2 heterocycles. The highest BCUT2D eigenvalue weighted by Gasteiger charge is 2.38. The van der Waals surface area contributed by atoms with E-state index in [2.05, 4.69) is 5.32 Å². The molecule has 2 amide bonds. The molecule has 1 saturated heterocycles. The molecule has 1 aromatic heterocycles. The number of thioether (sulfide) groups is 1. The fourth-order valence-corrected chi connectivity index (χ4v) is 3.84. The molecular weight excluding hydrogens is 344 g/mol. The van der Waals surface area contributed by atoms with Crippen LogP contribution in [0.15, 0.2) is 47.1 Å². The maximum Gasteiger partial charge on any atom is 0.242 e. The number of anilines is 1. The zero-order valence-corrected chi connectivity index (χ0v) is 14.7. The van der Waals surface area contributed by atoms with Crippen molar-refractivity contribution in [3.05, 3.63) is 54.0 Å². The molecule has 3 rings (SSSR count). The second-order valence-corrected chi connectivity index (χ2v) is 7.33. The van der Waals surface area contributed by atoms with E-state index in [4.69, 9.17) is 16.6 Å². The summed E-state index contributed by atoms with van der Waals surface area (Å²) in [5.74, 6) is 0.309. The number of hydrogen-bond donors (Lipinski definition) is 1. The van der Waals surface area contributed by atoms with Gasteiger partial charge in [-0.2, -0.15) is 0 Å². The highest BCUT2D eigenvalue weighted by Crippen LogP contribution is 2.31. The number of nitrogens with zero attached hydrogens (tertiary/aromatic N) is 1. The first-order valence-corrected chi connectivity index (χ1v) is 8.72. The van der Waals surface area contributed by atoms with Gasteiger partial charge in [-0.05, 0) is 31.2 Å². The van der Waals surface area contributed by atoms with Crippen LogP contribution >= 0.6 is 24.0 Å². The number of nitrogens with one attached hydrogen (secondary N) is 1. The first-order chi connectivity index (χ1) is 11.5. The number of furan rings is 1. The zero-order chi connectivity index (χ0) is 17.1. The summed E-state index contributed by atoms with van der Waals surface area (Å²) in [5.41, 5.74) is 1.84. The van der Waals surface area contributed by atoms with Gasteiger partial charge < -0.3 is 9.73 Å². The number of benzene rings is 1. The Balaban J connectivity index is 1.59. The van der Waals surface area contributed by atoms with Crippen molar-refractivity contribution in [2.75, 3.05) is 5.32 Å². The molecule has 1 fully saturated rings. The minimum Gasteiger partial charge on any atom is -0.467 e. The van der Waals surface area contributed by atoms with Gasteiger partial charge in [0.2, 0.25) is 11.8 Å². The summed E-state index contributed by atoms with van der Waals surface area (Å²) in [4.78, 5) is 26.1. The highest BCUT2D eigenvalue weighted by atomic mass is 32.2. The second kappa shape index (κ2) is 7.19. The molecule has 0 saturated carbocycles. The Kier molecular flexibility index (Phi) is 5.01. The average Bonchev–Trinajstić information content (AvgIpc) is 3.14. The predicted octanol–water partition coefficient (Wildman–Crippen LogP) is 3.35. The van der Waals surface area contributed by atoms with Crippen LogP contribution < -0.4 is 5.32 Å². The van der Waals surface area contributed by atoms with Crippen molar-refractivity contribution in [2.45, 2.75) is 25.1 Å². The third-order valence-electron chi connectivity index (χ3n) is 3.61. The number of aryl methyl sites for hydroxylation is 1. The first kappa shape index (κ1) is 16.7. The van der Waals surface area contributed by atoms with Crippen LogP contribution in [0.3, 0.4) is 0 Å². The van der Waals surface area contributed by atoms with Crippen LogP contribution in [-0.2, 0) is 16.1 Å². The Morgan fingerprint density at radius 1 is 1.33 bits per heavy atom. The van der Waals surface area contributed by atoms with E-state index in [1.54, 1.807) is 18.4 Å². The van der Waals surface area contributed by atoms with Crippen molar-refractivity contribution in [1.82, 2.24) is 4.90 Å². The van der Waals surface area contributed by atoms with Gasteiger partial charge in [-0.25, -0.2) is 0 Å². The number of amides is 2. The SMILES string of the molecule is Cc1ccc(NC(=O)CC2SC(=S)N(Cc3ccco3)C2=O)cc1. The monoisotopic (exact) mass is 360 g/mol. The van der Waals surface area contributed by atoms with Crippen LogP contribution in [0, 0.1) is 6.92 Å². The lowest BCUT2D eigenvalue weighted by Gasteiger charge is -2.13. The summed E-state index contributed by atoms with van der Waals surface area (Å²) in [5, 5.41) is 2.32. The lowest BCUT2D eigenvalue weighted by molar-refractivity contribution is -0.128. The molecular formula is C17H16N2O3S2. The molecule has 2 aromatic rings. The molecule has 124 valence electrons. The van der Waals surface area contributed by atoms with Crippen LogP contribution in [0.5, 0.6) is 0 Å². The van der Waals surface area contributed by atoms with Crippen LogP contribution in [0.4, 0.5) is 5.69 Å². The number of thiocarbonyl (C=S) groups is 1. The summed E-state index contributed by atoms with van der Waals surface area (Å²) in [6, 6.07) is 11.1. The zero-order valence-electron chi connectivity index (χ0n) is 13.0. The van der Waals surface area contributed by atoms with E-state index in [9.17, 15) is 9.59 Å². The van der Waals surface area contributed by atoms with Crippen LogP contribution in [0.25, 0.3) is 0 Å². The Hall–Kier alpha value is -2.12. The number of carbonyl (C=O) groups excluding carboxylic acids is 2. The normalized spacial score (nSPS) is 17.4. The Bertz CT molecular complexity index is 757. The van der Waals surface area contributed by atoms with E-state index in [0.29, 0.717) is 16.6 Å². The molecule has 5 nitrogen and oxygen atoms in total. The van der Waals surface area contributed by atoms with Crippen molar-refractivity contribution in [3.8, 4) is 0 Å². The van der Waals surface area contributed by atoms with Gasteiger partial charge in [-0.15, -0.1) is 0 Å². The standard InChI is InChI=1S/C17H16N2O3S2/c1-11-4-6-12(7-5-11)18-15(20)9-14-16(21)19(17(23)24-14)10-13-3-2-8-22-13/h2-8,14H,9-10H2,1H3,(H,18,20). The van der Waals surface area contributed by atoms with Crippen LogP contribution in [-0.4, -0.2) is 26.3 Å². The number of carbonyl (C=O) groups is 2. The molecule has 1 atom stereocenters. The van der Waals surface area contributed by atoms with Gasteiger partial charge in [0.05, 0.1) is 18.1 Å². The van der Waals surface area contributed by atoms with Crippen molar-refractivity contribution >= 4 is 45.8 Å². The summed E-state index contributed by atoms with van der Waals surface area (Å²) in [7, 11) is 0. The van der Waals surface area contributed by atoms with Crippen LogP contribution in [0.2, 0.25) is 0 Å². The van der Waals surface area contributed by atoms with E-state index in [1.165, 1.54) is 16.7 Å². The van der Waals surface area contributed by atoms with Crippen molar-refractivity contribution in [2.24, 2.45) is 0 Å². The Morgan fingerprint density at radius 3 is 2.75 bits per heavy atom. The second-order valence-electron chi connectivity index (χ2n) is 5.49. The number of rotatable bonds is 5. The lowest BCUT2D eigenvalue weighted by atomic mass is 10.2. The van der Waals surface area contributed by atoms with Gasteiger partial charge in [-0.3, -0.25) is 14.5 Å². The van der Waals surface area contributed by atoms with Gasteiger partial charge in [0.1, 0.15) is 10.1 Å². The van der Waals surface area contributed by atoms with E-state index in [0.717, 1.165) is 11.3 Å². The van der Waals surface area contributed by atoms with E-state index < -0.39 is 5.25 Å². The molecule has 0 bridgehead atoms. The molecule has 0 aliphatic carbocycles. The molecule has 7 heteroatoms. The van der Waals surface area contributed by atoms with Crippen molar-refractivity contribution in [3.63, 3.8) is 0 Å². The summed E-state index contributed by atoms with van der Waals surface area (Å²) >= 11 is 6.51. The molecule has 1 unspecified atom stereocenters. The topological polar surface area (TPSA) is 62.6 Å². The molecule has 0 radical (unpaired) electrons. The van der Waals surface area contributed by atoms with Crippen LogP contribution in [0.1, 0.15) is 17.7 Å². The third kappa shape index (κ3) is 3.85. The highest BCUT2D eigenvalue weighted by molar-refractivity contribution is 8.24. The fraction of sp³-hybridized carbons (Fsp3) is 0.235. The maximum atomic E-state index is 12.5. The average molecular weight is 360 g/mol. The van der Waals surface area contributed by atoms with E-state index in [1.807, 2.05) is 31.2 Å². The summed E-state index contributed by atoms with van der Waals surface area (Å²) < 4.78 is 5.73. The first-order valence-electron chi connectivity index (χ1n) is 7.44. The van der Waals surface area contributed by atoms with Crippen molar-refractivity contribution < 1.29 is 14.0 Å². The lowest BCUT2D eigenvalue weighted by Crippen LogP contribution is -2.32. The molecule has 24 heavy (non-hydrogen) atoms. The Morgan fingerprint density at radius 2 is 2.08 bits per heavy atom. The third-order valence-corrected chi connectivity index (χ3v) is 5.19. The maximum absolute atomic E-state index is 12.5. The smallest absolute Gasteiger partial charge is 0.242 e. The minimum atomic E-state index is -0.488.